The molecule has 0 aliphatic rings. The molecular formula is C52H102O5. The van der Waals surface area contributed by atoms with Gasteiger partial charge in [-0.3, -0.25) is 9.59 Å². The lowest BCUT2D eigenvalue weighted by Crippen LogP contribution is -2.25. The smallest absolute Gasteiger partial charge is 0.305 e. The molecule has 0 aromatic rings. The van der Waals surface area contributed by atoms with Gasteiger partial charge in [0.05, 0.1) is 0 Å². The summed E-state index contributed by atoms with van der Waals surface area (Å²) < 4.78 is 10.4. The maximum Gasteiger partial charge on any atom is 0.305 e. The largest absolute Gasteiger partial charge is 0.463 e. The Bertz CT molecular complexity index is 812. The Balaban J connectivity index is 3.34. The predicted molar refractivity (Wildman–Crippen MR) is 247 cm³/mol. The molecule has 0 amide bonds. The van der Waals surface area contributed by atoms with Crippen molar-refractivity contribution in [1.82, 2.24) is 0 Å². The average molecular weight is 807 g/mol. The van der Waals surface area contributed by atoms with E-state index in [1.165, 1.54) is 225 Å². The molecule has 0 spiro atoms. The van der Waals surface area contributed by atoms with Gasteiger partial charge in [0.15, 0.2) is 0 Å². The zero-order valence-electron chi connectivity index (χ0n) is 39.2. The van der Waals surface area contributed by atoms with E-state index in [-0.39, 0.29) is 25.2 Å². The molecule has 0 saturated carbocycles. The highest BCUT2D eigenvalue weighted by molar-refractivity contribution is 5.69. The Hall–Kier alpha value is -1.10. The van der Waals surface area contributed by atoms with E-state index in [1.54, 1.807) is 0 Å². The van der Waals surface area contributed by atoms with Crippen molar-refractivity contribution in [2.45, 2.75) is 297 Å². The number of unbranched alkanes of at least 4 members (excludes halogenated alkanes) is 34. The Kier molecular flexibility index (Phi) is 45.1. The molecule has 2 atom stereocenters. The third-order valence-electron chi connectivity index (χ3n) is 12.3. The van der Waals surface area contributed by atoms with Crippen molar-refractivity contribution in [1.29, 1.82) is 0 Å². The van der Waals surface area contributed by atoms with E-state index in [1.807, 2.05) is 0 Å². The minimum Gasteiger partial charge on any atom is -0.463 e. The molecular weight excluding hydrogens is 705 g/mol. The molecule has 0 aromatic carbocycles. The number of ether oxygens (including phenoxy) is 2. The molecule has 0 aromatic heterocycles. The Labute approximate surface area is 357 Å². The topological polar surface area (TPSA) is 72.8 Å². The van der Waals surface area contributed by atoms with Gasteiger partial charge in [-0.15, -0.1) is 0 Å². The first-order chi connectivity index (χ1) is 27.8. The lowest BCUT2D eigenvalue weighted by atomic mass is 9.99. The van der Waals surface area contributed by atoms with E-state index in [0.29, 0.717) is 12.8 Å². The summed E-state index contributed by atoms with van der Waals surface area (Å²) in [5.74, 6) is 1.24. The van der Waals surface area contributed by atoms with Gasteiger partial charge in [0.2, 0.25) is 0 Å². The van der Waals surface area contributed by atoms with Crippen LogP contribution < -0.4 is 0 Å². The standard InChI is InChI=1S/C52H102O5/c1-5-49(4)43-39-35-31-27-23-19-15-11-7-9-13-17-21-25-29-33-37-41-45-52(55)57-47-50(53)46-56-51(54)44-40-36-32-28-24-20-16-12-8-6-10-14-18-22-26-30-34-38-42-48(2)3/h48-50,53H,5-47H2,1-4H3/t49?,50-/m1/s1. The van der Waals surface area contributed by atoms with Crippen LogP contribution in [0.5, 0.6) is 0 Å². The number of hydrogen-bond donors (Lipinski definition) is 1. The molecule has 0 rings (SSSR count). The molecule has 5 nitrogen and oxygen atoms in total. The maximum absolute atomic E-state index is 12.1. The second kappa shape index (κ2) is 46.0. The lowest BCUT2D eigenvalue weighted by molar-refractivity contribution is -0.152. The third-order valence-corrected chi connectivity index (χ3v) is 12.3. The Morgan fingerprint density at radius 2 is 0.596 bits per heavy atom. The van der Waals surface area contributed by atoms with E-state index in [2.05, 4.69) is 27.7 Å². The summed E-state index contributed by atoms with van der Waals surface area (Å²) in [6.45, 7) is 9.13. The van der Waals surface area contributed by atoms with Crippen LogP contribution in [-0.4, -0.2) is 36.4 Å². The van der Waals surface area contributed by atoms with Crippen LogP contribution in [0.15, 0.2) is 0 Å². The number of aliphatic hydroxyl groups is 1. The first-order valence-electron chi connectivity index (χ1n) is 25.8. The molecule has 0 aliphatic heterocycles. The minimum absolute atomic E-state index is 0.107. The van der Waals surface area contributed by atoms with Crippen LogP contribution in [0.25, 0.3) is 0 Å². The summed E-state index contributed by atoms with van der Waals surface area (Å²) in [6.07, 6.45) is 51.8. The zero-order chi connectivity index (χ0) is 41.7. The van der Waals surface area contributed by atoms with E-state index in [4.69, 9.17) is 9.47 Å². The normalized spacial score (nSPS) is 12.7. The van der Waals surface area contributed by atoms with Crippen LogP contribution >= 0.6 is 0 Å². The second-order valence-corrected chi connectivity index (χ2v) is 18.7. The van der Waals surface area contributed by atoms with Gasteiger partial charge >= 0.3 is 11.9 Å². The molecule has 57 heavy (non-hydrogen) atoms. The monoisotopic (exact) mass is 807 g/mol. The zero-order valence-corrected chi connectivity index (χ0v) is 39.2. The van der Waals surface area contributed by atoms with Crippen LogP contribution in [0.4, 0.5) is 0 Å². The highest BCUT2D eigenvalue weighted by Gasteiger charge is 2.12. The molecule has 5 heteroatoms. The van der Waals surface area contributed by atoms with Gasteiger partial charge in [-0.1, -0.05) is 265 Å². The van der Waals surface area contributed by atoms with Crippen LogP contribution in [-0.2, 0) is 19.1 Å². The van der Waals surface area contributed by atoms with Crippen LogP contribution in [0, 0.1) is 11.8 Å². The van der Waals surface area contributed by atoms with Crippen molar-refractivity contribution in [3.8, 4) is 0 Å². The van der Waals surface area contributed by atoms with Crippen molar-refractivity contribution in [3.63, 3.8) is 0 Å². The SMILES string of the molecule is CCC(C)CCCCCCCCCCCCCCCCCCCCC(=O)OC[C@H](O)COC(=O)CCCCCCCCCCCCCCCCCCCCC(C)C. The third kappa shape index (κ3) is 47.5. The summed E-state index contributed by atoms with van der Waals surface area (Å²) in [5.41, 5.74) is 0. The molecule has 0 radical (unpaired) electrons. The summed E-state index contributed by atoms with van der Waals surface area (Å²) in [7, 11) is 0. The van der Waals surface area contributed by atoms with Crippen LogP contribution in [0.1, 0.15) is 291 Å². The number of hydrogen-bond acceptors (Lipinski definition) is 5. The molecule has 0 bridgehead atoms. The molecule has 1 N–H and O–H groups in total. The predicted octanol–water partition coefficient (Wildman–Crippen LogP) is 16.7. The van der Waals surface area contributed by atoms with E-state index in [0.717, 1.165) is 37.5 Å². The van der Waals surface area contributed by atoms with Gasteiger partial charge in [0, 0.05) is 12.8 Å². The fourth-order valence-corrected chi connectivity index (χ4v) is 8.02. The van der Waals surface area contributed by atoms with Gasteiger partial charge in [0.25, 0.3) is 0 Å². The van der Waals surface area contributed by atoms with Gasteiger partial charge in [0.1, 0.15) is 19.3 Å². The number of aliphatic hydroxyl groups excluding tert-OH is 1. The van der Waals surface area contributed by atoms with Gasteiger partial charge in [-0.2, -0.15) is 0 Å². The van der Waals surface area contributed by atoms with Gasteiger partial charge < -0.3 is 14.6 Å². The molecule has 0 heterocycles. The number of rotatable bonds is 47. The van der Waals surface area contributed by atoms with E-state index >= 15 is 0 Å². The summed E-state index contributed by atoms with van der Waals surface area (Å²) in [5, 5.41) is 10.1. The number of esters is 2. The quantitative estimate of drug-likeness (QED) is 0.0490. The molecule has 0 aliphatic carbocycles. The fourth-order valence-electron chi connectivity index (χ4n) is 8.02. The molecule has 0 saturated heterocycles. The van der Waals surface area contributed by atoms with Crippen LogP contribution in [0.2, 0.25) is 0 Å². The first-order valence-corrected chi connectivity index (χ1v) is 25.8. The molecule has 0 fully saturated rings. The van der Waals surface area contributed by atoms with Crippen molar-refractivity contribution < 1.29 is 24.2 Å². The van der Waals surface area contributed by atoms with Gasteiger partial charge in [-0.25, -0.2) is 0 Å². The second-order valence-electron chi connectivity index (χ2n) is 18.7. The van der Waals surface area contributed by atoms with Crippen molar-refractivity contribution in [2.75, 3.05) is 13.2 Å². The summed E-state index contributed by atoms with van der Waals surface area (Å²) in [4.78, 5) is 24.1. The maximum atomic E-state index is 12.1. The number of carbonyl (C=O) groups excluding carboxylic acids is 2. The minimum atomic E-state index is -0.957. The molecule has 340 valence electrons. The van der Waals surface area contributed by atoms with Crippen molar-refractivity contribution in [3.05, 3.63) is 0 Å². The fraction of sp³-hybridized carbons (Fsp3) is 0.962. The first kappa shape index (κ1) is 55.9. The van der Waals surface area contributed by atoms with Crippen molar-refractivity contribution in [2.24, 2.45) is 11.8 Å². The highest BCUT2D eigenvalue weighted by atomic mass is 16.6. The average Bonchev–Trinajstić information content (AvgIpc) is 3.20. The lowest BCUT2D eigenvalue weighted by Gasteiger charge is -2.12. The van der Waals surface area contributed by atoms with Crippen molar-refractivity contribution >= 4 is 11.9 Å². The summed E-state index contributed by atoms with van der Waals surface area (Å²) >= 11 is 0. The summed E-state index contributed by atoms with van der Waals surface area (Å²) in [6, 6.07) is 0. The van der Waals surface area contributed by atoms with Crippen LogP contribution in [0.3, 0.4) is 0 Å². The molecule has 1 unspecified atom stereocenters. The van der Waals surface area contributed by atoms with E-state index < -0.39 is 6.10 Å². The van der Waals surface area contributed by atoms with Gasteiger partial charge in [-0.05, 0) is 24.7 Å². The Morgan fingerprint density at radius 1 is 0.368 bits per heavy atom. The Morgan fingerprint density at radius 3 is 0.842 bits per heavy atom. The number of carbonyl (C=O) groups is 2. The highest BCUT2D eigenvalue weighted by Crippen LogP contribution is 2.18. The van der Waals surface area contributed by atoms with E-state index in [9.17, 15) is 14.7 Å².